The van der Waals surface area contributed by atoms with E-state index in [-0.39, 0.29) is 0 Å². The first-order chi connectivity index (χ1) is 15.7. The van der Waals surface area contributed by atoms with Crippen molar-refractivity contribution in [3.05, 3.63) is 84.2 Å². The maximum atomic E-state index is 12.2. The molecular formula is C26H22N2O3S. The van der Waals surface area contributed by atoms with Crippen molar-refractivity contribution in [3.63, 3.8) is 0 Å². The van der Waals surface area contributed by atoms with Gasteiger partial charge in [0.05, 0.1) is 23.4 Å². The summed E-state index contributed by atoms with van der Waals surface area (Å²) in [4.78, 5) is 13.0. The van der Waals surface area contributed by atoms with Crippen molar-refractivity contribution >= 4 is 17.9 Å². The second-order valence-corrected chi connectivity index (χ2v) is 8.35. The van der Waals surface area contributed by atoms with Gasteiger partial charge in [-0.05, 0) is 54.0 Å². The highest BCUT2D eigenvalue weighted by Crippen LogP contribution is 2.48. The predicted molar refractivity (Wildman–Crippen MR) is 127 cm³/mol. The molecule has 0 spiro atoms. The molecule has 0 amide bonds. The minimum Gasteiger partial charge on any atom is -0.437 e. The third-order valence-corrected chi connectivity index (χ3v) is 6.45. The van der Waals surface area contributed by atoms with Crippen LogP contribution >= 0.6 is 11.8 Å². The van der Waals surface area contributed by atoms with E-state index in [2.05, 4.69) is 18.2 Å². The summed E-state index contributed by atoms with van der Waals surface area (Å²) in [5.74, 6) is 0.535. The molecule has 0 atom stereocenters. The van der Waals surface area contributed by atoms with Crippen LogP contribution in [0.3, 0.4) is 0 Å². The second-order valence-electron chi connectivity index (χ2n) is 7.50. The fourth-order valence-corrected chi connectivity index (χ4v) is 4.80. The minimum absolute atomic E-state index is 0.535. The Morgan fingerprint density at radius 3 is 2.41 bits per heavy atom. The third-order valence-electron chi connectivity index (χ3n) is 5.70. The lowest BCUT2D eigenvalue weighted by Gasteiger charge is -2.24. The second kappa shape index (κ2) is 8.55. The number of nitrogens with zero attached hydrogens (tertiary/aromatic N) is 2. The van der Waals surface area contributed by atoms with Gasteiger partial charge < -0.3 is 9.47 Å². The van der Waals surface area contributed by atoms with Gasteiger partial charge in [-0.3, -0.25) is 0 Å². The van der Waals surface area contributed by atoms with Crippen molar-refractivity contribution in [3.8, 4) is 33.7 Å². The number of methoxy groups -OCH3 is 1. The average Bonchev–Trinajstić information content (AvgIpc) is 3.29. The van der Waals surface area contributed by atoms with E-state index in [1.807, 2.05) is 65.7 Å². The number of aromatic nitrogens is 2. The molecule has 0 saturated carbocycles. The van der Waals surface area contributed by atoms with Gasteiger partial charge in [-0.2, -0.15) is 5.10 Å². The van der Waals surface area contributed by atoms with Crippen molar-refractivity contribution in [2.75, 3.05) is 13.4 Å². The molecule has 160 valence electrons. The molecule has 0 fully saturated rings. The molecule has 0 N–H and O–H groups in total. The number of hydrogen-bond donors (Lipinski definition) is 0. The number of carbonyl (C=O) groups excluding carboxylic acids is 1. The van der Waals surface area contributed by atoms with Crippen LogP contribution in [0.1, 0.15) is 11.3 Å². The van der Waals surface area contributed by atoms with Crippen LogP contribution < -0.4 is 4.74 Å². The van der Waals surface area contributed by atoms with Crippen LogP contribution in [0.15, 0.2) is 77.8 Å². The molecule has 0 saturated heterocycles. The molecule has 5 nitrogen and oxygen atoms in total. The van der Waals surface area contributed by atoms with E-state index in [0.29, 0.717) is 5.75 Å². The van der Waals surface area contributed by atoms with Crippen LogP contribution in [0.25, 0.3) is 27.9 Å². The summed E-state index contributed by atoms with van der Waals surface area (Å²) in [6.45, 7) is 0. The van der Waals surface area contributed by atoms with Gasteiger partial charge in [0.2, 0.25) is 0 Å². The van der Waals surface area contributed by atoms with E-state index in [9.17, 15) is 4.79 Å². The molecule has 4 aromatic rings. The van der Waals surface area contributed by atoms with Crippen LogP contribution in [0.4, 0.5) is 4.79 Å². The molecule has 6 heteroatoms. The number of carbonyl (C=O) groups is 1. The quantitative estimate of drug-likeness (QED) is 0.215. The smallest absolute Gasteiger partial charge is 0.437 e. The molecular weight excluding hydrogens is 420 g/mol. The Morgan fingerprint density at radius 2 is 1.72 bits per heavy atom. The number of benzene rings is 3. The molecule has 1 heterocycles. The van der Waals surface area contributed by atoms with Crippen molar-refractivity contribution in [2.45, 2.75) is 17.7 Å². The zero-order valence-electron chi connectivity index (χ0n) is 17.9. The summed E-state index contributed by atoms with van der Waals surface area (Å²) in [6.07, 6.45) is 4.92. The Balaban J connectivity index is 1.77. The number of rotatable bonds is 4. The SMILES string of the molecule is COC(=O)Oc1c(SC)cc(-c2ccccc2)c2c1-c1cn(-c3ccccc3)nc1CC2. The summed E-state index contributed by atoms with van der Waals surface area (Å²) in [7, 11) is 1.32. The number of ether oxygens (including phenoxy) is 2. The van der Waals surface area contributed by atoms with E-state index in [0.717, 1.165) is 56.9 Å². The van der Waals surface area contributed by atoms with Crippen molar-refractivity contribution in [2.24, 2.45) is 0 Å². The van der Waals surface area contributed by atoms with Crippen molar-refractivity contribution in [1.82, 2.24) is 9.78 Å². The summed E-state index contributed by atoms with van der Waals surface area (Å²) in [5.41, 5.74) is 7.35. The van der Waals surface area contributed by atoms with Crippen molar-refractivity contribution < 1.29 is 14.3 Å². The number of thioether (sulfide) groups is 1. The molecule has 32 heavy (non-hydrogen) atoms. The Kier molecular flexibility index (Phi) is 5.45. The van der Waals surface area contributed by atoms with Crippen LogP contribution in [0.2, 0.25) is 0 Å². The van der Waals surface area contributed by atoms with Gasteiger partial charge in [0.25, 0.3) is 0 Å². The molecule has 0 bridgehead atoms. The van der Waals surface area contributed by atoms with Crippen LogP contribution in [-0.4, -0.2) is 29.3 Å². The molecule has 1 aromatic heterocycles. The van der Waals surface area contributed by atoms with Gasteiger partial charge in [-0.1, -0.05) is 48.5 Å². The number of hydrogen-bond acceptors (Lipinski definition) is 5. The monoisotopic (exact) mass is 442 g/mol. The van der Waals surface area contributed by atoms with E-state index in [1.54, 1.807) is 11.8 Å². The molecule has 0 aliphatic heterocycles. The molecule has 1 aliphatic rings. The van der Waals surface area contributed by atoms with Crippen LogP contribution in [0.5, 0.6) is 5.75 Å². The first-order valence-electron chi connectivity index (χ1n) is 10.4. The summed E-state index contributed by atoms with van der Waals surface area (Å²) < 4.78 is 12.5. The largest absolute Gasteiger partial charge is 0.513 e. The zero-order chi connectivity index (χ0) is 22.1. The number of aryl methyl sites for hydroxylation is 1. The molecule has 0 radical (unpaired) electrons. The molecule has 3 aromatic carbocycles. The average molecular weight is 443 g/mol. The lowest BCUT2D eigenvalue weighted by atomic mass is 9.84. The van der Waals surface area contributed by atoms with E-state index >= 15 is 0 Å². The highest BCUT2D eigenvalue weighted by atomic mass is 32.2. The standard InChI is InChI=1S/C26H22N2O3S/c1-30-26(29)31-25-23(32-2)15-20(17-9-5-3-6-10-17)19-13-14-22-21(24(19)25)16-28(27-22)18-11-7-4-8-12-18/h3-12,15-16H,13-14H2,1-2H3. The molecule has 5 rings (SSSR count). The molecule has 1 aliphatic carbocycles. The fourth-order valence-electron chi connectivity index (χ4n) is 4.24. The normalized spacial score (nSPS) is 12.1. The summed E-state index contributed by atoms with van der Waals surface area (Å²) >= 11 is 1.55. The van der Waals surface area contributed by atoms with Crippen LogP contribution in [-0.2, 0) is 17.6 Å². The molecule has 0 unspecified atom stereocenters. The van der Waals surface area contributed by atoms with Gasteiger partial charge in [-0.25, -0.2) is 9.48 Å². The van der Waals surface area contributed by atoms with Gasteiger partial charge in [-0.15, -0.1) is 11.8 Å². The van der Waals surface area contributed by atoms with E-state index in [1.165, 1.54) is 7.11 Å². The maximum absolute atomic E-state index is 12.2. The van der Waals surface area contributed by atoms with Gasteiger partial charge in [0.15, 0.2) is 5.75 Å². The van der Waals surface area contributed by atoms with E-state index < -0.39 is 6.16 Å². The number of para-hydroxylation sites is 1. The minimum atomic E-state index is -0.725. The first kappa shape index (κ1) is 20.4. The lowest BCUT2D eigenvalue weighted by Crippen LogP contribution is -2.13. The Labute approximate surface area is 191 Å². The maximum Gasteiger partial charge on any atom is 0.513 e. The Morgan fingerprint density at radius 1 is 1.00 bits per heavy atom. The van der Waals surface area contributed by atoms with Crippen LogP contribution in [0, 0.1) is 0 Å². The lowest BCUT2D eigenvalue weighted by molar-refractivity contribution is 0.120. The van der Waals surface area contributed by atoms with Gasteiger partial charge in [0, 0.05) is 17.3 Å². The topological polar surface area (TPSA) is 53.4 Å². The number of fused-ring (bicyclic) bond motifs is 3. The Hall–Kier alpha value is -3.51. The zero-order valence-corrected chi connectivity index (χ0v) is 18.7. The van der Waals surface area contributed by atoms with E-state index in [4.69, 9.17) is 14.6 Å². The van der Waals surface area contributed by atoms with Crippen molar-refractivity contribution in [1.29, 1.82) is 0 Å². The fraction of sp³-hybridized carbons (Fsp3) is 0.154. The Bertz CT molecular complexity index is 1280. The first-order valence-corrected chi connectivity index (χ1v) is 11.6. The summed E-state index contributed by atoms with van der Waals surface area (Å²) in [5, 5.41) is 4.86. The predicted octanol–water partition coefficient (Wildman–Crippen LogP) is 6.17. The highest BCUT2D eigenvalue weighted by molar-refractivity contribution is 7.98. The third kappa shape index (κ3) is 3.56. The summed E-state index contributed by atoms with van der Waals surface area (Å²) in [6, 6.07) is 22.5. The van der Waals surface area contributed by atoms with Gasteiger partial charge in [0.1, 0.15) is 0 Å². The highest BCUT2D eigenvalue weighted by Gasteiger charge is 2.29. The van der Waals surface area contributed by atoms with Gasteiger partial charge >= 0.3 is 6.16 Å².